The van der Waals surface area contributed by atoms with Crippen molar-refractivity contribution in [3.63, 3.8) is 0 Å². The zero-order valence-electron chi connectivity index (χ0n) is 16.7. The van der Waals surface area contributed by atoms with Crippen LogP contribution in [0.1, 0.15) is 44.7 Å². The highest BCUT2D eigenvalue weighted by atomic mass is 16.2. The molecule has 140 valence electrons. The van der Waals surface area contributed by atoms with E-state index in [1.165, 1.54) is 11.1 Å². The van der Waals surface area contributed by atoms with E-state index in [1.807, 2.05) is 14.1 Å². The third-order valence-electron chi connectivity index (χ3n) is 5.03. The molecule has 1 aliphatic heterocycles. The van der Waals surface area contributed by atoms with Crippen molar-refractivity contribution in [1.29, 1.82) is 0 Å². The molecule has 1 heterocycles. The van der Waals surface area contributed by atoms with Crippen LogP contribution in [0, 0.1) is 0 Å². The lowest BCUT2D eigenvalue weighted by molar-refractivity contribution is -0.128. The van der Waals surface area contributed by atoms with Crippen LogP contribution in [0.15, 0.2) is 24.3 Å². The predicted molar refractivity (Wildman–Crippen MR) is 105 cm³/mol. The minimum absolute atomic E-state index is 0.207. The van der Waals surface area contributed by atoms with E-state index in [9.17, 15) is 4.79 Å². The molecule has 0 bridgehead atoms. The number of benzene rings is 1. The lowest BCUT2D eigenvalue weighted by Crippen LogP contribution is -2.46. The minimum atomic E-state index is 0.207. The number of hydrogen-bond acceptors (Lipinski definition) is 3. The van der Waals surface area contributed by atoms with E-state index in [2.05, 4.69) is 54.8 Å². The molecule has 1 saturated heterocycles. The molecule has 2 rings (SSSR count). The molecule has 0 atom stereocenters. The summed E-state index contributed by atoms with van der Waals surface area (Å²) in [5, 5.41) is 0. The molecule has 0 aliphatic carbocycles. The van der Waals surface area contributed by atoms with Gasteiger partial charge >= 0.3 is 0 Å². The monoisotopic (exact) mass is 345 g/mol. The van der Waals surface area contributed by atoms with Crippen LogP contribution in [0.25, 0.3) is 0 Å². The second-order valence-electron chi connectivity index (χ2n) is 8.46. The van der Waals surface area contributed by atoms with Gasteiger partial charge in [0.25, 0.3) is 0 Å². The average molecular weight is 346 g/mol. The van der Waals surface area contributed by atoms with Crippen LogP contribution in [0.3, 0.4) is 0 Å². The first-order chi connectivity index (χ1) is 11.8. The van der Waals surface area contributed by atoms with Gasteiger partial charge in [-0.2, -0.15) is 0 Å². The molecule has 1 aromatic rings. The smallest absolute Gasteiger partial charge is 0.222 e. The number of carbonyl (C=O) groups is 1. The molecule has 1 amide bonds. The topological polar surface area (TPSA) is 26.8 Å². The van der Waals surface area contributed by atoms with Gasteiger partial charge in [-0.15, -0.1) is 0 Å². The molecular formula is C21H35N3O. The summed E-state index contributed by atoms with van der Waals surface area (Å²) >= 11 is 0. The van der Waals surface area contributed by atoms with Crippen LogP contribution < -0.4 is 0 Å². The van der Waals surface area contributed by atoms with Crippen molar-refractivity contribution in [3.05, 3.63) is 35.4 Å². The molecule has 0 spiro atoms. The maximum atomic E-state index is 11.6. The summed E-state index contributed by atoms with van der Waals surface area (Å²) < 4.78 is 0. The molecule has 1 aliphatic rings. The van der Waals surface area contributed by atoms with E-state index in [0.717, 1.165) is 45.7 Å². The average Bonchev–Trinajstić information content (AvgIpc) is 2.56. The molecule has 1 fully saturated rings. The zero-order chi connectivity index (χ0) is 18.4. The van der Waals surface area contributed by atoms with Gasteiger partial charge in [0, 0.05) is 53.2 Å². The van der Waals surface area contributed by atoms with E-state index >= 15 is 0 Å². The molecule has 0 unspecified atom stereocenters. The van der Waals surface area contributed by atoms with Gasteiger partial charge in [0.15, 0.2) is 0 Å². The Morgan fingerprint density at radius 1 is 1.08 bits per heavy atom. The summed E-state index contributed by atoms with van der Waals surface area (Å²) in [6.45, 7) is 13.3. The number of piperazine rings is 1. The second-order valence-corrected chi connectivity index (χ2v) is 8.46. The first kappa shape index (κ1) is 19.9. The van der Waals surface area contributed by atoms with Crippen LogP contribution in [-0.2, 0) is 16.8 Å². The summed E-state index contributed by atoms with van der Waals surface area (Å²) in [6, 6.07) is 9.03. The highest BCUT2D eigenvalue weighted by Crippen LogP contribution is 2.23. The summed E-state index contributed by atoms with van der Waals surface area (Å²) in [7, 11) is 3.66. The Hall–Kier alpha value is -1.39. The Morgan fingerprint density at radius 3 is 2.32 bits per heavy atom. The number of rotatable bonds is 6. The fourth-order valence-corrected chi connectivity index (χ4v) is 3.24. The molecule has 4 heteroatoms. The number of carbonyl (C=O) groups excluding carboxylic acids is 1. The molecular weight excluding hydrogens is 310 g/mol. The van der Waals surface area contributed by atoms with Gasteiger partial charge in [0.1, 0.15) is 0 Å². The summed E-state index contributed by atoms with van der Waals surface area (Å²) in [5.41, 5.74) is 3.03. The minimum Gasteiger partial charge on any atom is -0.349 e. The number of nitrogens with zero attached hydrogens (tertiary/aromatic N) is 3. The van der Waals surface area contributed by atoms with Crippen LogP contribution in [0.2, 0.25) is 0 Å². The lowest BCUT2D eigenvalue weighted by Gasteiger charge is -2.35. The van der Waals surface area contributed by atoms with E-state index in [-0.39, 0.29) is 11.3 Å². The lowest BCUT2D eigenvalue weighted by atomic mass is 9.86. The Bertz CT molecular complexity index is 555. The number of amides is 1. The van der Waals surface area contributed by atoms with Gasteiger partial charge < -0.3 is 9.80 Å². The van der Waals surface area contributed by atoms with Gasteiger partial charge in [-0.3, -0.25) is 9.69 Å². The molecule has 4 nitrogen and oxygen atoms in total. The SMILES string of the molecule is CN(C)C(=O)CCCN1CCN(Cc2cccc(C(C)(C)C)c2)CC1. The maximum absolute atomic E-state index is 11.6. The quantitative estimate of drug-likeness (QED) is 0.793. The summed E-state index contributed by atoms with van der Waals surface area (Å²) in [4.78, 5) is 18.4. The predicted octanol–water partition coefficient (Wildman–Crippen LogP) is 2.97. The molecule has 0 aromatic heterocycles. The Morgan fingerprint density at radius 2 is 1.72 bits per heavy atom. The van der Waals surface area contributed by atoms with Crippen molar-refractivity contribution in [1.82, 2.24) is 14.7 Å². The molecule has 0 N–H and O–H groups in total. The van der Waals surface area contributed by atoms with Crippen molar-refractivity contribution >= 4 is 5.91 Å². The molecule has 0 saturated carbocycles. The van der Waals surface area contributed by atoms with Crippen molar-refractivity contribution in [2.24, 2.45) is 0 Å². The Kier molecular flexibility index (Phi) is 7.03. The fraction of sp³-hybridized carbons (Fsp3) is 0.667. The van der Waals surface area contributed by atoms with Gasteiger partial charge in [0.2, 0.25) is 5.91 Å². The molecule has 1 aromatic carbocycles. The first-order valence-corrected chi connectivity index (χ1v) is 9.50. The Balaban J connectivity index is 1.75. The van der Waals surface area contributed by atoms with Crippen molar-refractivity contribution in [2.75, 3.05) is 46.8 Å². The van der Waals surface area contributed by atoms with E-state index < -0.39 is 0 Å². The normalized spacial score (nSPS) is 16.8. The fourth-order valence-electron chi connectivity index (χ4n) is 3.24. The van der Waals surface area contributed by atoms with Crippen LogP contribution in [0.5, 0.6) is 0 Å². The van der Waals surface area contributed by atoms with Crippen molar-refractivity contribution < 1.29 is 4.79 Å². The van der Waals surface area contributed by atoms with Crippen LogP contribution in [0.4, 0.5) is 0 Å². The zero-order valence-corrected chi connectivity index (χ0v) is 16.7. The van der Waals surface area contributed by atoms with E-state index in [1.54, 1.807) is 4.90 Å². The van der Waals surface area contributed by atoms with Crippen molar-refractivity contribution in [2.45, 2.75) is 45.6 Å². The molecule has 25 heavy (non-hydrogen) atoms. The standard InChI is InChI=1S/C21H35N3O/c1-21(2,3)19-9-6-8-18(16-19)17-24-14-12-23(13-15-24)11-7-10-20(25)22(4)5/h6,8-9,16H,7,10-15,17H2,1-5H3. The summed E-state index contributed by atoms with van der Waals surface area (Å²) in [6.07, 6.45) is 1.62. The van der Waals surface area contributed by atoms with E-state index in [4.69, 9.17) is 0 Å². The van der Waals surface area contributed by atoms with Gasteiger partial charge in [-0.05, 0) is 29.5 Å². The number of hydrogen-bond donors (Lipinski definition) is 0. The maximum Gasteiger partial charge on any atom is 0.222 e. The second kappa shape index (κ2) is 8.81. The van der Waals surface area contributed by atoms with E-state index in [0.29, 0.717) is 6.42 Å². The highest BCUT2D eigenvalue weighted by molar-refractivity contribution is 5.75. The summed E-state index contributed by atoms with van der Waals surface area (Å²) in [5.74, 6) is 0.234. The molecule has 0 radical (unpaired) electrons. The van der Waals surface area contributed by atoms with Gasteiger partial charge in [0.05, 0.1) is 0 Å². The largest absolute Gasteiger partial charge is 0.349 e. The third-order valence-corrected chi connectivity index (χ3v) is 5.03. The Labute approximate surface area is 153 Å². The van der Waals surface area contributed by atoms with Gasteiger partial charge in [-0.1, -0.05) is 45.0 Å². The van der Waals surface area contributed by atoms with Crippen molar-refractivity contribution in [3.8, 4) is 0 Å². The van der Waals surface area contributed by atoms with Crippen LogP contribution >= 0.6 is 0 Å². The van der Waals surface area contributed by atoms with Gasteiger partial charge in [-0.25, -0.2) is 0 Å². The van der Waals surface area contributed by atoms with Crippen LogP contribution in [-0.4, -0.2) is 67.4 Å². The first-order valence-electron chi connectivity index (χ1n) is 9.50. The third kappa shape index (κ3) is 6.44. The highest BCUT2D eigenvalue weighted by Gasteiger charge is 2.18.